The van der Waals surface area contributed by atoms with Crippen molar-refractivity contribution >= 4 is 28.9 Å². The summed E-state index contributed by atoms with van der Waals surface area (Å²) in [6.07, 6.45) is 1.66. The van der Waals surface area contributed by atoms with Crippen molar-refractivity contribution in [2.24, 2.45) is 0 Å². The first-order valence-electron chi connectivity index (χ1n) is 7.71. The fourth-order valence-corrected chi connectivity index (χ4v) is 2.77. The maximum Gasteiger partial charge on any atom is 0.340 e. The van der Waals surface area contributed by atoms with Crippen molar-refractivity contribution in [1.82, 2.24) is 4.40 Å². The average molecular weight is 358 g/mol. The summed E-state index contributed by atoms with van der Waals surface area (Å²) in [4.78, 5) is 25.1. The van der Waals surface area contributed by atoms with E-state index in [-0.39, 0.29) is 12.4 Å². The predicted molar refractivity (Wildman–Crippen MR) is 94.8 cm³/mol. The van der Waals surface area contributed by atoms with E-state index in [1.165, 1.54) is 6.07 Å². The van der Waals surface area contributed by atoms with E-state index < -0.39 is 5.97 Å². The number of nitrogens with zero attached hydrogens (tertiary/aromatic N) is 1. The molecular formula is C19H16ClNO4. The van der Waals surface area contributed by atoms with E-state index in [0.717, 1.165) is 0 Å². The molecule has 0 saturated carbocycles. The molecule has 0 N–H and O–H groups in total. The summed E-state index contributed by atoms with van der Waals surface area (Å²) in [6.45, 7) is 1.98. The minimum absolute atomic E-state index is 0.212. The topological polar surface area (TPSA) is 57.0 Å². The van der Waals surface area contributed by atoms with Gasteiger partial charge in [-0.05, 0) is 49.4 Å². The fraction of sp³-hybridized carbons (Fsp3) is 0.158. The number of esters is 1. The average Bonchev–Trinajstić information content (AvgIpc) is 3.00. The van der Waals surface area contributed by atoms with Gasteiger partial charge in [0.15, 0.2) is 0 Å². The highest BCUT2D eigenvalue weighted by Crippen LogP contribution is 2.24. The lowest BCUT2D eigenvalue weighted by atomic mass is 10.1. The summed E-state index contributed by atoms with van der Waals surface area (Å²) in [7, 11) is 1.56. The Bertz CT molecular complexity index is 944. The Morgan fingerprint density at radius 3 is 2.48 bits per heavy atom. The van der Waals surface area contributed by atoms with Crippen molar-refractivity contribution < 1.29 is 19.1 Å². The van der Waals surface area contributed by atoms with Gasteiger partial charge in [-0.2, -0.15) is 0 Å². The molecule has 0 spiro atoms. The molecule has 0 aliphatic carbocycles. The van der Waals surface area contributed by atoms with Crippen LogP contribution in [0.4, 0.5) is 0 Å². The van der Waals surface area contributed by atoms with Gasteiger partial charge in [-0.1, -0.05) is 11.6 Å². The maximum atomic E-state index is 12.9. The molecule has 128 valence electrons. The van der Waals surface area contributed by atoms with Crippen molar-refractivity contribution in [1.29, 1.82) is 0 Å². The molecule has 1 aromatic carbocycles. The van der Waals surface area contributed by atoms with E-state index in [1.807, 2.05) is 0 Å². The number of hydrogen-bond acceptors (Lipinski definition) is 4. The molecule has 0 unspecified atom stereocenters. The molecule has 3 rings (SSSR count). The summed E-state index contributed by atoms with van der Waals surface area (Å²) in [5.41, 5.74) is 1.69. The van der Waals surface area contributed by atoms with Crippen LogP contribution in [0, 0.1) is 0 Å². The van der Waals surface area contributed by atoms with E-state index in [1.54, 1.807) is 61.0 Å². The number of carbonyl (C=O) groups is 2. The van der Waals surface area contributed by atoms with Crippen LogP contribution in [0.5, 0.6) is 5.75 Å². The highest BCUT2D eigenvalue weighted by atomic mass is 35.5. The van der Waals surface area contributed by atoms with Crippen molar-refractivity contribution in [2.45, 2.75) is 6.92 Å². The molecule has 0 aliphatic heterocycles. The van der Waals surface area contributed by atoms with Gasteiger partial charge in [0.05, 0.1) is 30.5 Å². The highest BCUT2D eigenvalue weighted by Gasteiger charge is 2.21. The smallest absolute Gasteiger partial charge is 0.340 e. The predicted octanol–water partition coefficient (Wildman–Crippen LogP) is 4.01. The Morgan fingerprint density at radius 1 is 1.12 bits per heavy atom. The molecule has 0 amide bonds. The molecule has 6 heteroatoms. The molecule has 0 atom stereocenters. The molecule has 2 aromatic heterocycles. The highest BCUT2D eigenvalue weighted by molar-refractivity contribution is 6.31. The minimum Gasteiger partial charge on any atom is -0.497 e. The zero-order chi connectivity index (χ0) is 18.0. The number of ketones is 1. The number of methoxy groups -OCH3 is 1. The van der Waals surface area contributed by atoms with E-state index >= 15 is 0 Å². The third-order valence-electron chi connectivity index (χ3n) is 3.81. The second-order valence-corrected chi connectivity index (χ2v) is 5.76. The number of aromatic nitrogens is 1. The number of ether oxygens (including phenoxy) is 2. The van der Waals surface area contributed by atoms with Crippen LogP contribution in [0.2, 0.25) is 5.02 Å². The molecule has 0 aliphatic rings. The quantitative estimate of drug-likeness (QED) is 0.511. The van der Waals surface area contributed by atoms with Crippen LogP contribution in [0.3, 0.4) is 0 Å². The van der Waals surface area contributed by atoms with Crippen molar-refractivity contribution in [2.75, 3.05) is 13.7 Å². The lowest BCUT2D eigenvalue weighted by Gasteiger charge is -2.04. The Labute approximate surface area is 149 Å². The van der Waals surface area contributed by atoms with Gasteiger partial charge < -0.3 is 13.9 Å². The molecule has 0 saturated heterocycles. The number of hydrogen-bond donors (Lipinski definition) is 0. The molecule has 0 fully saturated rings. The van der Waals surface area contributed by atoms with Crippen LogP contribution in [-0.2, 0) is 4.74 Å². The van der Waals surface area contributed by atoms with Crippen LogP contribution >= 0.6 is 11.6 Å². The van der Waals surface area contributed by atoms with Gasteiger partial charge in [0.1, 0.15) is 5.75 Å². The van der Waals surface area contributed by atoms with Crippen LogP contribution < -0.4 is 4.74 Å². The van der Waals surface area contributed by atoms with Gasteiger partial charge >= 0.3 is 5.97 Å². The third-order valence-corrected chi connectivity index (χ3v) is 4.05. The largest absolute Gasteiger partial charge is 0.497 e. The number of rotatable bonds is 5. The summed E-state index contributed by atoms with van der Waals surface area (Å²) in [5, 5.41) is 0.472. The van der Waals surface area contributed by atoms with E-state index in [9.17, 15) is 9.59 Å². The number of fused-ring (bicyclic) bond motifs is 1. The minimum atomic E-state index is -0.490. The summed E-state index contributed by atoms with van der Waals surface area (Å²) < 4.78 is 11.8. The summed E-state index contributed by atoms with van der Waals surface area (Å²) in [5.74, 6) is -0.0397. The van der Waals surface area contributed by atoms with Crippen molar-refractivity contribution in [3.05, 3.63) is 70.5 Å². The van der Waals surface area contributed by atoms with Crippen LogP contribution in [0.15, 0.2) is 48.7 Å². The van der Waals surface area contributed by atoms with Gasteiger partial charge in [0.2, 0.25) is 5.78 Å². The maximum absolute atomic E-state index is 12.9. The molecule has 5 nitrogen and oxygen atoms in total. The second kappa shape index (κ2) is 6.99. The standard InChI is InChI=1S/C19H16ClNO4/c1-3-25-19(23)15-11-17(21-9-8-13(20)10-16(15)21)18(22)12-4-6-14(24-2)7-5-12/h4-11H,3H2,1-2H3. The molecule has 2 heterocycles. The third kappa shape index (κ3) is 3.23. The van der Waals surface area contributed by atoms with Crippen LogP contribution in [-0.4, -0.2) is 29.9 Å². The normalized spacial score (nSPS) is 10.7. The lowest BCUT2D eigenvalue weighted by molar-refractivity contribution is 0.0529. The van der Waals surface area contributed by atoms with Crippen LogP contribution in [0.25, 0.3) is 5.52 Å². The second-order valence-electron chi connectivity index (χ2n) is 5.32. The Morgan fingerprint density at radius 2 is 1.84 bits per heavy atom. The van der Waals surface area contributed by atoms with Gasteiger partial charge in [-0.15, -0.1) is 0 Å². The zero-order valence-corrected chi connectivity index (χ0v) is 14.5. The summed E-state index contributed by atoms with van der Waals surface area (Å²) in [6, 6.07) is 11.6. The molecule has 25 heavy (non-hydrogen) atoms. The van der Waals surface area contributed by atoms with E-state index in [2.05, 4.69) is 0 Å². The number of carbonyl (C=O) groups excluding carboxylic acids is 2. The molecular weight excluding hydrogens is 342 g/mol. The Balaban J connectivity index is 2.11. The number of benzene rings is 1. The monoisotopic (exact) mass is 357 g/mol. The SMILES string of the molecule is CCOC(=O)c1cc(C(=O)c2ccc(OC)cc2)n2ccc(Cl)cc12. The first-order valence-corrected chi connectivity index (χ1v) is 8.09. The first-order chi connectivity index (χ1) is 12.0. The molecule has 0 bridgehead atoms. The summed E-state index contributed by atoms with van der Waals surface area (Å²) >= 11 is 6.05. The van der Waals surface area contributed by atoms with Gasteiger partial charge in [0.25, 0.3) is 0 Å². The molecule has 3 aromatic rings. The van der Waals surface area contributed by atoms with Crippen molar-refractivity contribution in [3.8, 4) is 5.75 Å². The molecule has 0 radical (unpaired) electrons. The first kappa shape index (κ1) is 17.0. The van der Waals surface area contributed by atoms with Gasteiger partial charge in [-0.3, -0.25) is 4.79 Å². The van der Waals surface area contributed by atoms with Crippen molar-refractivity contribution in [3.63, 3.8) is 0 Å². The number of halogens is 1. The lowest BCUT2D eigenvalue weighted by Crippen LogP contribution is -2.05. The Kier molecular flexibility index (Phi) is 4.76. The zero-order valence-electron chi connectivity index (χ0n) is 13.8. The van der Waals surface area contributed by atoms with E-state index in [0.29, 0.717) is 33.1 Å². The van der Waals surface area contributed by atoms with E-state index in [4.69, 9.17) is 21.1 Å². The van der Waals surface area contributed by atoms with Crippen LogP contribution in [0.1, 0.15) is 33.3 Å². The number of pyridine rings is 1. The fourth-order valence-electron chi connectivity index (χ4n) is 2.61. The van der Waals surface area contributed by atoms with Gasteiger partial charge in [-0.25, -0.2) is 4.79 Å². The van der Waals surface area contributed by atoms with Gasteiger partial charge in [0, 0.05) is 16.8 Å². The Hall–Kier alpha value is -2.79.